The zero-order valence-electron chi connectivity index (χ0n) is 18.5. The molecule has 0 spiro atoms. The van der Waals surface area contributed by atoms with E-state index >= 15 is 0 Å². The fraction of sp³-hybridized carbons (Fsp3) is 0.308. The molecule has 1 heterocycles. The number of carbonyl (C=O) groups is 2. The molecule has 6 heteroatoms. The quantitative estimate of drug-likeness (QED) is 0.615. The van der Waals surface area contributed by atoms with Gasteiger partial charge in [-0.3, -0.25) is 9.59 Å². The number of amides is 2. The Bertz CT molecular complexity index is 1120. The van der Waals surface area contributed by atoms with Crippen LogP contribution in [0.1, 0.15) is 30.0 Å². The zero-order chi connectivity index (χ0) is 22.5. The van der Waals surface area contributed by atoms with Gasteiger partial charge in [0.2, 0.25) is 11.8 Å². The Morgan fingerprint density at radius 1 is 1.03 bits per heavy atom. The summed E-state index contributed by atoms with van der Waals surface area (Å²) in [5, 5.41) is 4.96. The lowest BCUT2D eigenvalue weighted by Crippen LogP contribution is -2.40. The van der Waals surface area contributed by atoms with Crippen LogP contribution >= 0.6 is 0 Å². The highest BCUT2D eigenvalue weighted by molar-refractivity contribution is 5.91. The van der Waals surface area contributed by atoms with Crippen LogP contribution in [0.3, 0.4) is 0 Å². The highest BCUT2D eigenvalue weighted by atomic mass is 16.5. The maximum atomic E-state index is 13.0. The average Bonchev–Trinajstić information content (AvgIpc) is 3.32. The summed E-state index contributed by atoms with van der Waals surface area (Å²) in [6.07, 6.45) is 1.99. The Kier molecular flexibility index (Phi) is 6.59. The van der Waals surface area contributed by atoms with Crippen molar-refractivity contribution in [2.24, 2.45) is 0 Å². The van der Waals surface area contributed by atoms with Crippen LogP contribution < -0.4 is 14.8 Å². The molecule has 1 fully saturated rings. The van der Waals surface area contributed by atoms with Crippen LogP contribution in [0.4, 0.5) is 0 Å². The fourth-order valence-corrected chi connectivity index (χ4v) is 4.45. The van der Waals surface area contributed by atoms with E-state index in [-0.39, 0.29) is 30.8 Å². The predicted molar refractivity (Wildman–Crippen MR) is 124 cm³/mol. The average molecular weight is 433 g/mol. The van der Waals surface area contributed by atoms with Gasteiger partial charge in [-0.05, 0) is 47.4 Å². The zero-order valence-corrected chi connectivity index (χ0v) is 18.5. The molecule has 3 aromatic carbocycles. The van der Waals surface area contributed by atoms with Gasteiger partial charge in [0, 0.05) is 12.1 Å². The van der Waals surface area contributed by atoms with Crippen molar-refractivity contribution in [3.8, 4) is 11.5 Å². The van der Waals surface area contributed by atoms with E-state index in [0.717, 1.165) is 46.2 Å². The number of rotatable bonds is 7. The number of ether oxygens (including phenoxy) is 2. The number of fused-ring (bicyclic) bond motifs is 1. The number of hydrogen-bond acceptors (Lipinski definition) is 4. The molecule has 0 bridgehead atoms. The molecule has 6 nitrogen and oxygen atoms in total. The van der Waals surface area contributed by atoms with E-state index in [4.69, 9.17) is 9.47 Å². The second-order valence-electron chi connectivity index (χ2n) is 7.94. The fourth-order valence-electron chi connectivity index (χ4n) is 4.45. The number of nitrogens with one attached hydrogen (secondary N) is 1. The van der Waals surface area contributed by atoms with Crippen molar-refractivity contribution in [2.45, 2.75) is 25.3 Å². The van der Waals surface area contributed by atoms with Crippen LogP contribution in [-0.2, 0) is 16.0 Å². The topological polar surface area (TPSA) is 67.9 Å². The first kappa shape index (κ1) is 21.7. The number of benzene rings is 3. The van der Waals surface area contributed by atoms with Gasteiger partial charge in [0.05, 0.1) is 33.2 Å². The van der Waals surface area contributed by atoms with Crippen LogP contribution in [0, 0.1) is 0 Å². The lowest BCUT2D eigenvalue weighted by Gasteiger charge is -2.27. The first-order chi connectivity index (χ1) is 15.6. The minimum atomic E-state index is -0.163. The number of likely N-dealkylation sites (tertiary alicyclic amines) is 1. The monoisotopic (exact) mass is 432 g/mol. The summed E-state index contributed by atoms with van der Waals surface area (Å²) < 4.78 is 10.9. The van der Waals surface area contributed by atoms with Gasteiger partial charge in [-0.15, -0.1) is 0 Å². The molecule has 3 aromatic rings. The van der Waals surface area contributed by atoms with Crippen LogP contribution in [0.25, 0.3) is 10.8 Å². The van der Waals surface area contributed by atoms with Gasteiger partial charge in [0.25, 0.3) is 0 Å². The molecule has 1 saturated heterocycles. The minimum absolute atomic E-state index is 0.0214. The van der Waals surface area contributed by atoms with Gasteiger partial charge in [-0.25, -0.2) is 0 Å². The number of nitrogens with zero attached hydrogens (tertiary/aromatic N) is 1. The van der Waals surface area contributed by atoms with Gasteiger partial charge in [0.15, 0.2) is 0 Å². The summed E-state index contributed by atoms with van der Waals surface area (Å²) in [5.41, 5.74) is 1.88. The van der Waals surface area contributed by atoms with Gasteiger partial charge in [-0.1, -0.05) is 42.5 Å². The molecule has 1 unspecified atom stereocenters. The summed E-state index contributed by atoms with van der Waals surface area (Å²) in [4.78, 5) is 27.4. The number of carbonyl (C=O) groups excluding carboxylic acids is 2. The second-order valence-corrected chi connectivity index (χ2v) is 7.94. The van der Waals surface area contributed by atoms with Crippen LogP contribution in [0.5, 0.6) is 11.5 Å². The molecule has 2 amide bonds. The van der Waals surface area contributed by atoms with Crippen molar-refractivity contribution in [3.63, 3.8) is 0 Å². The lowest BCUT2D eigenvalue weighted by molar-refractivity contribution is -0.133. The third kappa shape index (κ3) is 4.54. The molecule has 0 saturated carbocycles. The Balaban J connectivity index is 1.42. The van der Waals surface area contributed by atoms with E-state index in [1.165, 1.54) is 0 Å². The second kappa shape index (κ2) is 9.73. The van der Waals surface area contributed by atoms with E-state index in [2.05, 4.69) is 5.32 Å². The molecule has 0 radical (unpaired) electrons. The Hall–Kier alpha value is -3.54. The van der Waals surface area contributed by atoms with E-state index in [0.29, 0.717) is 6.54 Å². The maximum absolute atomic E-state index is 13.0. The highest BCUT2D eigenvalue weighted by Crippen LogP contribution is 2.38. The summed E-state index contributed by atoms with van der Waals surface area (Å²) in [7, 11) is 3.24. The largest absolute Gasteiger partial charge is 0.497 e. The van der Waals surface area contributed by atoms with Crippen molar-refractivity contribution in [1.29, 1.82) is 0 Å². The standard InChI is InChI=1S/C26H28N2O4/c1-31-20-12-13-24(32-2)22(16-20)23-11-6-14-28(23)26(30)17-27-25(29)15-19-9-5-8-18-7-3-4-10-21(18)19/h3-5,7-10,12-13,16,23H,6,11,14-15,17H2,1-2H3,(H,27,29). The van der Waals surface area contributed by atoms with Crippen molar-refractivity contribution in [2.75, 3.05) is 27.3 Å². The molecule has 1 aliphatic rings. The maximum Gasteiger partial charge on any atom is 0.242 e. The smallest absolute Gasteiger partial charge is 0.242 e. The molecular formula is C26H28N2O4. The van der Waals surface area contributed by atoms with Crippen molar-refractivity contribution in [1.82, 2.24) is 10.2 Å². The minimum Gasteiger partial charge on any atom is -0.497 e. The van der Waals surface area contributed by atoms with Crippen molar-refractivity contribution >= 4 is 22.6 Å². The van der Waals surface area contributed by atoms with Gasteiger partial charge >= 0.3 is 0 Å². The molecule has 166 valence electrons. The highest BCUT2D eigenvalue weighted by Gasteiger charge is 2.32. The first-order valence-electron chi connectivity index (χ1n) is 10.9. The molecule has 0 aromatic heterocycles. The molecular weight excluding hydrogens is 404 g/mol. The third-order valence-electron chi connectivity index (χ3n) is 6.04. The van der Waals surface area contributed by atoms with E-state index in [1.54, 1.807) is 14.2 Å². The van der Waals surface area contributed by atoms with Crippen LogP contribution in [0.15, 0.2) is 60.7 Å². The van der Waals surface area contributed by atoms with Gasteiger partial charge in [0.1, 0.15) is 11.5 Å². The summed E-state index contributed by atoms with van der Waals surface area (Å²) in [6.45, 7) is 0.634. The van der Waals surface area contributed by atoms with Crippen LogP contribution in [0.2, 0.25) is 0 Å². The Morgan fingerprint density at radius 2 is 1.84 bits per heavy atom. The molecule has 1 atom stereocenters. The summed E-state index contributed by atoms with van der Waals surface area (Å²) in [5.74, 6) is 1.20. The molecule has 0 aliphatic carbocycles. The van der Waals surface area contributed by atoms with Gasteiger partial charge in [-0.2, -0.15) is 0 Å². The summed E-state index contributed by atoms with van der Waals surface area (Å²) >= 11 is 0. The number of methoxy groups -OCH3 is 2. The van der Waals surface area contributed by atoms with E-state index in [1.807, 2.05) is 65.6 Å². The lowest BCUT2D eigenvalue weighted by atomic mass is 10.0. The summed E-state index contributed by atoms with van der Waals surface area (Å²) in [6, 6.07) is 19.5. The number of hydrogen-bond donors (Lipinski definition) is 1. The molecule has 1 N–H and O–H groups in total. The van der Waals surface area contributed by atoms with E-state index < -0.39 is 0 Å². The van der Waals surface area contributed by atoms with E-state index in [9.17, 15) is 9.59 Å². The molecule has 4 rings (SSSR count). The van der Waals surface area contributed by atoms with Crippen molar-refractivity contribution < 1.29 is 19.1 Å². The third-order valence-corrected chi connectivity index (χ3v) is 6.04. The van der Waals surface area contributed by atoms with Gasteiger partial charge < -0.3 is 19.7 Å². The molecule has 1 aliphatic heterocycles. The SMILES string of the molecule is COc1ccc(OC)c(C2CCCN2C(=O)CNC(=O)Cc2cccc3ccccc23)c1. The Morgan fingerprint density at radius 3 is 2.66 bits per heavy atom. The van der Waals surface area contributed by atoms with Crippen molar-refractivity contribution in [3.05, 3.63) is 71.8 Å². The predicted octanol–water partition coefficient (Wildman–Crippen LogP) is 3.88. The van der Waals surface area contributed by atoms with Crippen LogP contribution in [-0.4, -0.2) is 44.0 Å². The Labute approximate surface area is 188 Å². The molecule has 32 heavy (non-hydrogen) atoms. The normalized spacial score (nSPS) is 15.6. The first-order valence-corrected chi connectivity index (χ1v) is 10.9.